The molecule has 174 valence electrons. The lowest BCUT2D eigenvalue weighted by Crippen LogP contribution is -2.30. The molecule has 4 aromatic rings. The Bertz CT molecular complexity index is 1410. The molecule has 5 atom stereocenters. The number of hydrogen-bond donors (Lipinski definition) is 0. The first-order chi connectivity index (χ1) is 16.3. The Hall–Kier alpha value is -2.87. The van der Waals surface area contributed by atoms with E-state index in [1.54, 1.807) is 0 Å². The lowest BCUT2D eigenvalue weighted by Gasteiger charge is -2.32. The molecule has 2 aliphatic rings. The highest BCUT2D eigenvalue weighted by atomic mass is 16.6. The van der Waals surface area contributed by atoms with E-state index in [2.05, 4.69) is 80.6 Å². The molecule has 0 amide bonds. The van der Waals surface area contributed by atoms with E-state index in [9.17, 15) is 4.79 Å². The largest absolute Gasteiger partial charge is 0.455 e. The molecule has 2 saturated carbocycles. The number of esters is 1. The van der Waals surface area contributed by atoms with Gasteiger partial charge in [0.1, 0.15) is 5.60 Å². The zero-order valence-corrected chi connectivity index (χ0v) is 20.7. The molecule has 2 nitrogen and oxygen atoms in total. The van der Waals surface area contributed by atoms with Crippen LogP contribution in [0.4, 0.5) is 0 Å². The summed E-state index contributed by atoms with van der Waals surface area (Å²) in [5.41, 5.74) is 0.392. The minimum atomic E-state index is -0.653. The van der Waals surface area contributed by atoms with Crippen LogP contribution in [0, 0.1) is 29.6 Å². The second kappa shape index (κ2) is 7.83. The van der Waals surface area contributed by atoms with E-state index < -0.39 is 5.60 Å². The number of carbonyl (C=O) groups is 1. The molecule has 0 heterocycles. The average Bonchev–Trinajstić information content (AvgIpc) is 3.36. The van der Waals surface area contributed by atoms with Crippen molar-refractivity contribution in [2.75, 3.05) is 0 Å². The third-order valence-corrected chi connectivity index (χ3v) is 9.27. The standard InChI is InChI=1S/C32H34O2/c1-19-20(2)30-17-23(19)15-24(30)18-31(33)34-32(3,4)25-11-14-27-22(16-25)10-13-28-26-8-6-5-7-21(26)9-12-29(27)28/h5-14,16,19-20,23-24,30H,15,17-18H2,1-4H3. The Kier molecular flexibility index (Phi) is 4.99. The Balaban J connectivity index is 1.25. The number of carbonyl (C=O) groups excluding carboxylic acids is 1. The van der Waals surface area contributed by atoms with E-state index >= 15 is 0 Å². The zero-order chi connectivity index (χ0) is 23.6. The van der Waals surface area contributed by atoms with Gasteiger partial charge in [-0.05, 0) is 100 Å². The van der Waals surface area contributed by atoms with Crippen molar-refractivity contribution in [1.29, 1.82) is 0 Å². The normalized spacial score (nSPS) is 26.5. The maximum atomic E-state index is 13.0. The smallest absolute Gasteiger partial charge is 0.306 e. The Morgan fingerprint density at radius 1 is 0.824 bits per heavy atom. The molecule has 0 aromatic heterocycles. The van der Waals surface area contributed by atoms with Crippen LogP contribution in [0.25, 0.3) is 32.3 Å². The number of rotatable bonds is 4. The molecule has 0 aliphatic heterocycles. The van der Waals surface area contributed by atoms with Crippen molar-refractivity contribution in [2.24, 2.45) is 29.6 Å². The third kappa shape index (κ3) is 3.42. The van der Waals surface area contributed by atoms with E-state index in [4.69, 9.17) is 4.74 Å². The molecule has 0 radical (unpaired) electrons. The Morgan fingerprint density at radius 3 is 2.24 bits per heavy atom. The summed E-state index contributed by atoms with van der Waals surface area (Å²) < 4.78 is 6.11. The molecular weight excluding hydrogens is 416 g/mol. The molecule has 0 saturated heterocycles. The second-order valence-electron chi connectivity index (χ2n) is 11.4. The fraction of sp³-hybridized carbons (Fsp3) is 0.406. The first-order valence-corrected chi connectivity index (χ1v) is 12.9. The molecule has 2 fully saturated rings. The lowest BCUT2D eigenvalue weighted by atomic mass is 9.74. The minimum Gasteiger partial charge on any atom is -0.455 e. The zero-order valence-electron chi connectivity index (χ0n) is 20.7. The van der Waals surface area contributed by atoms with Gasteiger partial charge in [-0.3, -0.25) is 4.79 Å². The van der Waals surface area contributed by atoms with Crippen LogP contribution in [0.3, 0.4) is 0 Å². The summed E-state index contributed by atoms with van der Waals surface area (Å²) in [4.78, 5) is 13.0. The summed E-state index contributed by atoms with van der Waals surface area (Å²) in [6.07, 6.45) is 3.06. The van der Waals surface area contributed by atoms with Crippen molar-refractivity contribution in [1.82, 2.24) is 0 Å². The van der Waals surface area contributed by atoms with Crippen molar-refractivity contribution >= 4 is 38.3 Å². The predicted molar refractivity (Wildman–Crippen MR) is 141 cm³/mol. The van der Waals surface area contributed by atoms with Crippen LogP contribution in [-0.2, 0) is 15.1 Å². The van der Waals surface area contributed by atoms with Crippen LogP contribution in [0.1, 0.15) is 52.5 Å². The van der Waals surface area contributed by atoms with Gasteiger partial charge < -0.3 is 4.74 Å². The number of hydrogen-bond acceptors (Lipinski definition) is 2. The van der Waals surface area contributed by atoms with Crippen molar-refractivity contribution in [3.63, 3.8) is 0 Å². The number of ether oxygens (including phenoxy) is 1. The summed E-state index contributed by atoms with van der Waals surface area (Å²) in [6.45, 7) is 8.80. The fourth-order valence-electron chi connectivity index (χ4n) is 7.13. The van der Waals surface area contributed by atoms with Crippen LogP contribution < -0.4 is 0 Å². The van der Waals surface area contributed by atoms with E-state index in [0.29, 0.717) is 18.3 Å². The van der Waals surface area contributed by atoms with Crippen LogP contribution in [0.15, 0.2) is 66.7 Å². The minimum absolute atomic E-state index is 0.0486. The van der Waals surface area contributed by atoms with Gasteiger partial charge >= 0.3 is 5.97 Å². The Labute approximate surface area is 202 Å². The van der Waals surface area contributed by atoms with Gasteiger partial charge in [0.2, 0.25) is 0 Å². The lowest BCUT2D eigenvalue weighted by molar-refractivity contribution is -0.159. The third-order valence-electron chi connectivity index (χ3n) is 9.27. The highest BCUT2D eigenvalue weighted by Crippen LogP contribution is 2.56. The van der Waals surface area contributed by atoms with E-state index in [-0.39, 0.29) is 5.97 Å². The van der Waals surface area contributed by atoms with Gasteiger partial charge in [0.25, 0.3) is 0 Å². The molecule has 4 aromatic carbocycles. The summed E-state index contributed by atoms with van der Waals surface area (Å²) >= 11 is 0. The summed E-state index contributed by atoms with van der Waals surface area (Å²) in [5.74, 6) is 3.49. The average molecular weight is 451 g/mol. The topological polar surface area (TPSA) is 26.3 Å². The van der Waals surface area contributed by atoms with Crippen LogP contribution in [0.5, 0.6) is 0 Å². The number of fused-ring (bicyclic) bond motifs is 7. The van der Waals surface area contributed by atoms with Crippen LogP contribution in [0.2, 0.25) is 0 Å². The molecule has 2 heteroatoms. The summed E-state index contributed by atoms with van der Waals surface area (Å²) in [5, 5.41) is 7.50. The van der Waals surface area contributed by atoms with Crippen molar-refractivity contribution in [3.8, 4) is 0 Å². The van der Waals surface area contributed by atoms with Crippen molar-refractivity contribution in [2.45, 2.75) is 52.6 Å². The molecule has 0 spiro atoms. The molecule has 6 rings (SSSR count). The van der Waals surface area contributed by atoms with Gasteiger partial charge in [-0.1, -0.05) is 74.5 Å². The van der Waals surface area contributed by atoms with E-state index in [1.807, 2.05) is 13.8 Å². The summed E-state index contributed by atoms with van der Waals surface area (Å²) in [7, 11) is 0. The van der Waals surface area contributed by atoms with Gasteiger partial charge in [-0.2, -0.15) is 0 Å². The van der Waals surface area contributed by atoms with Gasteiger partial charge in [-0.25, -0.2) is 0 Å². The van der Waals surface area contributed by atoms with Gasteiger partial charge in [-0.15, -0.1) is 0 Å². The Morgan fingerprint density at radius 2 is 1.50 bits per heavy atom. The SMILES string of the molecule is CC1C2CC(CC(=O)OC(C)(C)c3ccc4c(ccc5c6ccccc6ccc45)c3)C(C2)C1C. The molecule has 0 N–H and O–H groups in total. The molecule has 2 bridgehead atoms. The predicted octanol–water partition coefficient (Wildman–Crippen LogP) is 8.24. The molecule has 5 unspecified atom stereocenters. The van der Waals surface area contributed by atoms with E-state index in [0.717, 1.165) is 23.3 Å². The molecular formula is C32H34O2. The highest BCUT2D eigenvalue weighted by molar-refractivity contribution is 6.17. The molecule has 34 heavy (non-hydrogen) atoms. The van der Waals surface area contributed by atoms with E-state index in [1.165, 1.54) is 45.2 Å². The maximum Gasteiger partial charge on any atom is 0.306 e. The highest BCUT2D eigenvalue weighted by Gasteiger charge is 2.49. The van der Waals surface area contributed by atoms with Crippen molar-refractivity contribution < 1.29 is 9.53 Å². The first kappa shape index (κ1) is 21.6. The second-order valence-corrected chi connectivity index (χ2v) is 11.4. The number of benzene rings is 4. The van der Waals surface area contributed by atoms with Gasteiger partial charge in [0.15, 0.2) is 0 Å². The fourth-order valence-corrected chi connectivity index (χ4v) is 7.13. The first-order valence-electron chi connectivity index (χ1n) is 12.9. The monoisotopic (exact) mass is 450 g/mol. The van der Waals surface area contributed by atoms with Crippen LogP contribution in [-0.4, -0.2) is 5.97 Å². The summed E-state index contributed by atoms with van der Waals surface area (Å²) in [6, 6.07) is 23.9. The maximum absolute atomic E-state index is 13.0. The quantitative estimate of drug-likeness (QED) is 0.231. The van der Waals surface area contributed by atoms with Crippen LogP contribution >= 0.6 is 0 Å². The molecule has 2 aliphatic carbocycles. The van der Waals surface area contributed by atoms with Gasteiger partial charge in [0.05, 0.1) is 0 Å². The van der Waals surface area contributed by atoms with Gasteiger partial charge in [0, 0.05) is 6.42 Å². The van der Waals surface area contributed by atoms with Crippen molar-refractivity contribution in [3.05, 3.63) is 72.3 Å².